The van der Waals surface area contributed by atoms with Crippen LogP contribution in [-0.2, 0) is 11.8 Å². The number of rotatable bonds is 11. The zero-order valence-corrected chi connectivity index (χ0v) is 25.0. The van der Waals surface area contributed by atoms with Gasteiger partial charge in [-0.3, -0.25) is 4.79 Å². The van der Waals surface area contributed by atoms with Crippen LogP contribution in [0.5, 0.6) is 0 Å². The predicted octanol–water partition coefficient (Wildman–Crippen LogP) is 5.46. The molecule has 3 aromatic carbocycles. The zero-order chi connectivity index (χ0) is 32.4. The Balaban J connectivity index is 1.63. The maximum absolute atomic E-state index is 14.5. The molecule has 0 radical (unpaired) electrons. The number of carbonyl (C=O) groups is 1. The molecule has 4 N–H and O–H groups in total. The van der Waals surface area contributed by atoms with Gasteiger partial charge in [0.2, 0.25) is 0 Å². The third kappa shape index (κ3) is 7.11. The Hall–Kier alpha value is -3.80. The SMILES string of the molecule is Cc1cc(CCC(O)(CC(C)(C)c2cc(F)ccc2C)C(F)(F)F)c2cnn(-c3cccc(C(=O)NC[C@@H](O)CO)c3)c2c1. The summed E-state index contributed by atoms with van der Waals surface area (Å²) in [6.45, 7) is 6.03. The average Bonchev–Trinajstić information content (AvgIpc) is 3.38. The van der Waals surface area contributed by atoms with Gasteiger partial charge >= 0.3 is 6.18 Å². The van der Waals surface area contributed by atoms with Crippen LogP contribution in [0.3, 0.4) is 0 Å². The van der Waals surface area contributed by atoms with Crippen molar-refractivity contribution in [2.75, 3.05) is 13.2 Å². The molecule has 0 saturated heterocycles. The van der Waals surface area contributed by atoms with Crippen LogP contribution in [0.25, 0.3) is 16.6 Å². The Bertz CT molecular complexity index is 1650. The molecule has 0 aliphatic heterocycles. The van der Waals surface area contributed by atoms with E-state index in [0.717, 1.165) is 5.56 Å². The number of nitrogens with zero attached hydrogens (tertiary/aromatic N) is 2. The van der Waals surface area contributed by atoms with Gasteiger partial charge in [-0.25, -0.2) is 9.07 Å². The summed E-state index contributed by atoms with van der Waals surface area (Å²) in [5, 5.41) is 37.3. The van der Waals surface area contributed by atoms with E-state index in [0.29, 0.717) is 33.3 Å². The van der Waals surface area contributed by atoms with Gasteiger partial charge in [0.15, 0.2) is 5.60 Å². The highest BCUT2D eigenvalue weighted by Crippen LogP contribution is 2.44. The van der Waals surface area contributed by atoms with Crippen molar-refractivity contribution in [2.45, 2.75) is 70.3 Å². The Morgan fingerprint density at radius 3 is 2.48 bits per heavy atom. The molecule has 0 aliphatic rings. The summed E-state index contributed by atoms with van der Waals surface area (Å²) in [5.41, 5.74) is -0.421. The van der Waals surface area contributed by atoms with Crippen molar-refractivity contribution in [3.05, 3.63) is 94.4 Å². The van der Waals surface area contributed by atoms with Crippen LogP contribution in [0.2, 0.25) is 0 Å². The molecule has 4 rings (SSSR count). The summed E-state index contributed by atoms with van der Waals surface area (Å²) in [4.78, 5) is 12.6. The van der Waals surface area contributed by atoms with E-state index in [1.165, 1.54) is 18.2 Å². The molecule has 1 aromatic heterocycles. The molecule has 0 aliphatic carbocycles. The first-order valence-corrected chi connectivity index (χ1v) is 14.3. The number of nitrogens with one attached hydrogen (secondary N) is 1. The summed E-state index contributed by atoms with van der Waals surface area (Å²) in [7, 11) is 0. The third-order valence-corrected chi connectivity index (χ3v) is 7.98. The molecule has 4 aromatic rings. The molecule has 236 valence electrons. The first-order valence-electron chi connectivity index (χ1n) is 14.3. The van der Waals surface area contributed by atoms with E-state index in [2.05, 4.69) is 10.4 Å². The van der Waals surface area contributed by atoms with Crippen LogP contribution in [0, 0.1) is 19.7 Å². The normalized spacial score (nSPS) is 14.4. The van der Waals surface area contributed by atoms with E-state index in [1.54, 1.807) is 62.0 Å². The van der Waals surface area contributed by atoms with Crippen LogP contribution < -0.4 is 5.32 Å². The predicted molar refractivity (Wildman–Crippen MR) is 159 cm³/mol. The van der Waals surface area contributed by atoms with Crippen molar-refractivity contribution >= 4 is 16.8 Å². The van der Waals surface area contributed by atoms with Crippen LogP contribution >= 0.6 is 0 Å². The minimum atomic E-state index is -4.94. The van der Waals surface area contributed by atoms with Crippen molar-refractivity contribution in [1.29, 1.82) is 0 Å². The molecule has 44 heavy (non-hydrogen) atoms. The van der Waals surface area contributed by atoms with Crippen LogP contribution in [0.4, 0.5) is 17.6 Å². The molecular weight excluding hydrogens is 578 g/mol. The smallest absolute Gasteiger partial charge is 0.394 e. The van der Waals surface area contributed by atoms with Crippen molar-refractivity contribution in [2.24, 2.45) is 0 Å². The largest absolute Gasteiger partial charge is 0.417 e. The summed E-state index contributed by atoms with van der Waals surface area (Å²) in [6, 6.07) is 14.2. The van der Waals surface area contributed by atoms with Gasteiger partial charge < -0.3 is 20.6 Å². The average molecular weight is 616 g/mol. The fourth-order valence-electron chi connectivity index (χ4n) is 5.74. The summed E-state index contributed by atoms with van der Waals surface area (Å²) < 4.78 is 59.0. The molecule has 7 nitrogen and oxygen atoms in total. The second kappa shape index (κ2) is 12.7. The Labute approximate surface area is 253 Å². The van der Waals surface area contributed by atoms with Gasteiger partial charge in [-0.2, -0.15) is 18.3 Å². The lowest BCUT2D eigenvalue weighted by Crippen LogP contribution is -2.49. The van der Waals surface area contributed by atoms with Crippen LogP contribution in [0.15, 0.2) is 60.8 Å². The molecule has 0 fully saturated rings. The second-order valence-corrected chi connectivity index (χ2v) is 12.1. The number of halogens is 4. The molecule has 1 unspecified atom stereocenters. The zero-order valence-electron chi connectivity index (χ0n) is 25.0. The van der Waals surface area contributed by atoms with Crippen LogP contribution in [0.1, 0.15) is 59.3 Å². The summed E-state index contributed by atoms with van der Waals surface area (Å²) >= 11 is 0. The summed E-state index contributed by atoms with van der Waals surface area (Å²) in [6.07, 6.45) is -5.87. The molecule has 0 bridgehead atoms. The number of fused-ring (bicyclic) bond motifs is 1. The van der Waals surface area contributed by atoms with Crippen molar-refractivity contribution in [3.8, 4) is 5.69 Å². The van der Waals surface area contributed by atoms with E-state index in [9.17, 15) is 32.6 Å². The maximum Gasteiger partial charge on any atom is 0.417 e. The molecule has 2 atom stereocenters. The lowest BCUT2D eigenvalue weighted by molar-refractivity contribution is -0.269. The number of hydrogen-bond acceptors (Lipinski definition) is 5. The molecule has 1 amide bonds. The minimum Gasteiger partial charge on any atom is -0.394 e. The van der Waals surface area contributed by atoms with E-state index in [1.807, 2.05) is 13.0 Å². The standard InChI is InChI=1S/C33H37F4N3O4/c1-20-12-22(10-11-32(44,33(35,36)37)19-31(3,4)28-15-24(34)9-8-21(28)2)27-17-39-40(29(27)13-20)25-7-5-6-23(14-25)30(43)38-16-26(42)18-41/h5-9,12-15,17,26,41-42,44H,10-11,16,18-19H2,1-4H3,(H,38,43)/t26-,32?/m1/s1. The monoisotopic (exact) mass is 615 g/mol. The number of aliphatic hydroxyl groups is 3. The van der Waals surface area contributed by atoms with Crippen LogP contribution in [-0.4, -0.2) is 62.0 Å². The quantitative estimate of drug-likeness (QED) is 0.168. The van der Waals surface area contributed by atoms with E-state index in [4.69, 9.17) is 5.11 Å². The Kier molecular flexibility index (Phi) is 9.53. The lowest BCUT2D eigenvalue weighted by Gasteiger charge is -2.38. The number of aromatic nitrogens is 2. The van der Waals surface area contributed by atoms with Crippen molar-refractivity contribution in [1.82, 2.24) is 15.1 Å². The van der Waals surface area contributed by atoms with Gasteiger partial charge in [-0.05, 0) is 97.2 Å². The van der Waals surface area contributed by atoms with Crippen molar-refractivity contribution < 1.29 is 37.7 Å². The van der Waals surface area contributed by atoms with E-state index in [-0.39, 0.29) is 18.5 Å². The highest BCUT2D eigenvalue weighted by atomic mass is 19.4. The lowest BCUT2D eigenvalue weighted by atomic mass is 9.72. The topological polar surface area (TPSA) is 108 Å². The number of alkyl halides is 3. The van der Waals surface area contributed by atoms with Gasteiger partial charge in [-0.1, -0.05) is 32.0 Å². The first-order chi connectivity index (χ1) is 20.5. The minimum absolute atomic E-state index is 0.103. The van der Waals surface area contributed by atoms with Gasteiger partial charge in [-0.15, -0.1) is 0 Å². The molecule has 0 spiro atoms. The number of amides is 1. The number of carbonyl (C=O) groups excluding carboxylic acids is 1. The number of benzene rings is 3. The van der Waals surface area contributed by atoms with Gasteiger partial charge in [0.1, 0.15) is 5.82 Å². The molecular formula is C33H37F4N3O4. The molecule has 1 heterocycles. The van der Waals surface area contributed by atoms with E-state index >= 15 is 0 Å². The highest BCUT2D eigenvalue weighted by Gasteiger charge is 2.55. The second-order valence-electron chi connectivity index (χ2n) is 12.1. The molecule has 11 heteroatoms. The third-order valence-electron chi connectivity index (χ3n) is 7.98. The fourth-order valence-corrected chi connectivity index (χ4v) is 5.74. The van der Waals surface area contributed by atoms with Crippen molar-refractivity contribution in [3.63, 3.8) is 0 Å². The maximum atomic E-state index is 14.5. The van der Waals surface area contributed by atoms with Gasteiger partial charge in [0, 0.05) is 17.5 Å². The fraction of sp³-hybridized carbons (Fsp3) is 0.394. The number of aliphatic hydroxyl groups excluding tert-OH is 2. The number of hydrogen-bond donors (Lipinski definition) is 4. The highest BCUT2D eigenvalue weighted by molar-refractivity contribution is 5.95. The Morgan fingerprint density at radius 1 is 1.07 bits per heavy atom. The Morgan fingerprint density at radius 2 is 1.80 bits per heavy atom. The first kappa shape index (κ1) is 33.1. The molecule has 0 saturated carbocycles. The summed E-state index contributed by atoms with van der Waals surface area (Å²) in [5.74, 6) is -1.02. The van der Waals surface area contributed by atoms with E-state index < -0.39 is 54.5 Å². The number of aryl methyl sites for hydroxylation is 3. The van der Waals surface area contributed by atoms with Gasteiger partial charge in [0.05, 0.1) is 30.1 Å². The van der Waals surface area contributed by atoms with Gasteiger partial charge in [0.25, 0.3) is 5.91 Å².